The molecule has 1 aromatic heterocycles. The number of halogens is 1. The van der Waals surface area contributed by atoms with Gasteiger partial charge < -0.3 is 0 Å². The molecule has 0 bridgehead atoms. The van der Waals surface area contributed by atoms with Crippen molar-refractivity contribution in [3.05, 3.63) is 24.3 Å². The summed E-state index contributed by atoms with van der Waals surface area (Å²) in [7, 11) is 0. The second-order valence-electron chi connectivity index (χ2n) is 4.38. The lowest BCUT2D eigenvalue weighted by atomic mass is 9.95. The predicted molar refractivity (Wildman–Crippen MR) is 64.7 cm³/mol. The molecule has 1 saturated carbocycles. The Morgan fingerprint density at radius 3 is 2.31 bits per heavy atom. The molecule has 1 aromatic carbocycles. The summed E-state index contributed by atoms with van der Waals surface area (Å²) in [5.74, 6) is 0. The first-order valence-electron chi connectivity index (χ1n) is 5.80. The number of fused-ring (bicyclic) bond motifs is 1. The zero-order chi connectivity index (χ0) is 11.0. The predicted octanol–water partition coefficient (Wildman–Crippen LogP) is 3.15. The van der Waals surface area contributed by atoms with E-state index in [0.29, 0.717) is 0 Å². The molecule has 0 N–H and O–H groups in total. The Bertz CT molecular complexity index is 461. The Morgan fingerprint density at radius 2 is 1.69 bits per heavy atom. The standard InChI is InChI=1S/C12H14ClN3/c13-9-5-1-4-8-12(9)16-14-10-6-2-3-7-11(10)15-16/h2-3,6-7,9,12H,1,4-5,8H2/t9-,12-/m1/s1. The zero-order valence-electron chi connectivity index (χ0n) is 9.01. The first-order valence-corrected chi connectivity index (χ1v) is 6.24. The minimum atomic E-state index is 0.176. The Labute approximate surface area is 99.4 Å². The Morgan fingerprint density at radius 1 is 1.06 bits per heavy atom. The van der Waals surface area contributed by atoms with E-state index in [-0.39, 0.29) is 11.4 Å². The van der Waals surface area contributed by atoms with Gasteiger partial charge in [0.1, 0.15) is 11.0 Å². The fourth-order valence-electron chi connectivity index (χ4n) is 2.35. The molecule has 0 radical (unpaired) electrons. The smallest absolute Gasteiger partial charge is 0.113 e. The van der Waals surface area contributed by atoms with Crippen LogP contribution < -0.4 is 0 Å². The average molecular weight is 236 g/mol. The van der Waals surface area contributed by atoms with E-state index in [9.17, 15) is 0 Å². The summed E-state index contributed by atoms with van der Waals surface area (Å²) in [4.78, 5) is 1.82. The van der Waals surface area contributed by atoms with Gasteiger partial charge in [0.25, 0.3) is 0 Å². The number of nitrogens with zero attached hydrogens (tertiary/aromatic N) is 3. The number of alkyl halides is 1. The monoisotopic (exact) mass is 235 g/mol. The lowest BCUT2D eigenvalue weighted by Crippen LogP contribution is -2.25. The summed E-state index contributed by atoms with van der Waals surface area (Å²) in [6.45, 7) is 0. The summed E-state index contributed by atoms with van der Waals surface area (Å²) in [6, 6.07) is 8.22. The minimum Gasteiger partial charge on any atom is -0.179 e. The van der Waals surface area contributed by atoms with Crippen LogP contribution in [0.25, 0.3) is 11.0 Å². The largest absolute Gasteiger partial charge is 0.179 e. The highest BCUT2D eigenvalue weighted by Crippen LogP contribution is 2.31. The molecule has 0 aliphatic heterocycles. The summed E-state index contributed by atoms with van der Waals surface area (Å²) in [5, 5.41) is 9.19. The van der Waals surface area contributed by atoms with Gasteiger partial charge in [-0.15, -0.1) is 11.6 Å². The van der Waals surface area contributed by atoms with Crippen molar-refractivity contribution in [2.75, 3.05) is 0 Å². The first-order chi connectivity index (χ1) is 7.84. The molecule has 2 atom stereocenters. The number of rotatable bonds is 1. The third-order valence-electron chi connectivity index (χ3n) is 3.25. The Balaban J connectivity index is 1.98. The van der Waals surface area contributed by atoms with Crippen LogP contribution in [0.3, 0.4) is 0 Å². The van der Waals surface area contributed by atoms with Crippen LogP contribution in [-0.4, -0.2) is 20.4 Å². The zero-order valence-corrected chi connectivity index (χ0v) is 9.77. The van der Waals surface area contributed by atoms with Crippen LogP contribution in [0.1, 0.15) is 31.7 Å². The van der Waals surface area contributed by atoms with Gasteiger partial charge in [-0.25, -0.2) is 0 Å². The molecular formula is C12H14ClN3. The number of aromatic nitrogens is 3. The van der Waals surface area contributed by atoms with Crippen LogP contribution >= 0.6 is 11.6 Å². The van der Waals surface area contributed by atoms with Gasteiger partial charge in [-0.05, 0) is 25.0 Å². The molecule has 84 valence electrons. The van der Waals surface area contributed by atoms with Crippen LogP contribution in [0.5, 0.6) is 0 Å². The molecule has 16 heavy (non-hydrogen) atoms. The van der Waals surface area contributed by atoms with Crippen molar-refractivity contribution < 1.29 is 0 Å². The highest BCUT2D eigenvalue weighted by Gasteiger charge is 2.26. The van der Waals surface area contributed by atoms with E-state index in [1.165, 1.54) is 12.8 Å². The third-order valence-corrected chi connectivity index (χ3v) is 3.76. The van der Waals surface area contributed by atoms with Crippen molar-refractivity contribution in [2.24, 2.45) is 0 Å². The van der Waals surface area contributed by atoms with Crippen molar-refractivity contribution in [3.8, 4) is 0 Å². The van der Waals surface area contributed by atoms with E-state index < -0.39 is 0 Å². The van der Waals surface area contributed by atoms with Crippen molar-refractivity contribution in [1.82, 2.24) is 15.0 Å². The van der Waals surface area contributed by atoms with Crippen LogP contribution in [0.2, 0.25) is 0 Å². The molecule has 0 spiro atoms. The van der Waals surface area contributed by atoms with Crippen molar-refractivity contribution in [3.63, 3.8) is 0 Å². The van der Waals surface area contributed by atoms with E-state index in [0.717, 1.165) is 23.9 Å². The molecule has 1 fully saturated rings. The molecule has 0 unspecified atom stereocenters. The van der Waals surface area contributed by atoms with Gasteiger partial charge in [-0.3, -0.25) is 0 Å². The van der Waals surface area contributed by atoms with E-state index in [4.69, 9.17) is 11.6 Å². The van der Waals surface area contributed by atoms with Crippen molar-refractivity contribution in [2.45, 2.75) is 37.1 Å². The molecule has 3 nitrogen and oxygen atoms in total. The van der Waals surface area contributed by atoms with Crippen molar-refractivity contribution in [1.29, 1.82) is 0 Å². The van der Waals surface area contributed by atoms with E-state index in [2.05, 4.69) is 10.2 Å². The molecule has 0 saturated heterocycles. The molecule has 2 aromatic rings. The second kappa shape index (κ2) is 4.06. The van der Waals surface area contributed by atoms with Crippen LogP contribution in [-0.2, 0) is 0 Å². The highest BCUT2D eigenvalue weighted by atomic mass is 35.5. The first kappa shape index (κ1) is 10.1. The Kier molecular flexibility index (Phi) is 2.56. The summed E-state index contributed by atoms with van der Waals surface area (Å²) >= 11 is 6.34. The maximum atomic E-state index is 6.34. The van der Waals surface area contributed by atoms with E-state index in [1.807, 2.05) is 29.1 Å². The summed E-state index contributed by atoms with van der Waals surface area (Å²) < 4.78 is 0. The van der Waals surface area contributed by atoms with Gasteiger partial charge in [0.15, 0.2) is 0 Å². The Hall–Kier alpha value is -1.09. The van der Waals surface area contributed by atoms with Gasteiger partial charge in [-0.2, -0.15) is 15.0 Å². The van der Waals surface area contributed by atoms with Crippen LogP contribution in [0.15, 0.2) is 24.3 Å². The third kappa shape index (κ3) is 1.69. The fraction of sp³-hybridized carbons (Fsp3) is 0.500. The molecular weight excluding hydrogens is 222 g/mol. The second-order valence-corrected chi connectivity index (χ2v) is 4.94. The summed E-state index contributed by atoms with van der Waals surface area (Å²) in [6.07, 6.45) is 4.62. The quantitative estimate of drug-likeness (QED) is 0.711. The van der Waals surface area contributed by atoms with Gasteiger partial charge in [0.05, 0.1) is 11.4 Å². The SMILES string of the molecule is Cl[C@@H]1CCCC[C@H]1n1nc2ccccc2n1. The number of benzene rings is 1. The normalized spacial score (nSPS) is 26.1. The van der Waals surface area contributed by atoms with Crippen molar-refractivity contribution >= 4 is 22.6 Å². The summed E-state index contributed by atoms with van der Waals surface area (Å²) in [5.41, 5.74) is 1.91. The lowest BCUT2D eigenvalue weighted by molar-refractivity contribution is 0.310. The van der Waals surface area contributed by atoms with Gasteiger partial charge in [-0.1, -0.05) is 25.0 Å². The van der Waals surface area contributed by atoms with E-state index in [1.54, 1.807) is 0 Å². The van der Waals surface area contributed by atoms with Gasteiger partial charge in [0.2, 0.25) is 0 Å². The number of hydrogen-bond acceptors (Lipinski definition) is 2. The molecule has 0 amide bonds. The molecule has 3 rings (SSSR count). The van der Waals surface area contributed by atoms with Gasteiger partial charge >= 0.3 is 0 Å². The maximum Gasteiger partial charge on any atom is 0.113 e. The van der Waals surface area contributed by atoms with E-state index >= 15 is 0 Å². The highest BCUT2D eigenvalue weighted by molar-refractivity contribution is 6.21. The van der Waals surface area contributed by atoms with Gasteiger partial charge in [0, 0.05) is 0 Å². The lowest BCUT2D eigenvalue weighted by Gasteiger charge is -2.25. The average Bonchev–Trinajstić information content (AvgIpc) is 2.73. The molecule has 4 heteroatoms. The fourth-order valence-corrected chi connectivity index (χ4v) is 2.73. The molecule has 1 aliphatic carbocycles. The minimum absolute atomic E-state index is 0.176. The number of hydrogen-bond donors (Lipinski definition) is 0. The molecule has 1 heterocycles. The molecule has 1 aliphatic rings. The van der Waals surface area contributed by atoms with Crippen LogP contribution in [0.4, 0.5) is 0 Å². The maximum absolute atomic E-state index is 6.34. The topological polar surface area (TPSA) is 30.7 Å². The van der Waals surface area contributed by atoms with Crippen LogP contribution in [0, 0.1) is 0 Å².